The smallest absolute Gasteiger partial charge is 0.398 e. The zero-order chi connectivity index (χ0) is 17.4. The van der Waals surface area contributed by atoms with Crippen molar-refractivity contribution in [2.75, 3.05) is 19.0 Å². The van der Waals surface area contributed by atoms with E-state index in [1.165, 1.54) is 5.56 Å². The van der Waals surface area contributed by atoms with Crippen molar-refractivity contribution < 1.29 is 9.31 Å². The van der Waals surface area contributed by atoms with Crippen molar-refractivity contribution in [1.82, 2.24) is 0 Å². The number of hydrogen-bond donors (Lipinski definition) is 1. The first-order chi connectivity index (χ1) is 10.6. The Bertz CT molecular complexity index is 596. The first-order valence-electron chi connectivity index (χ1n) is 8.07. The Labute approximate surface area is 140 Å². The molecule has 1 aromatic carbocycles. The van der Waals surface area contributed by atoms with Gasteiger partial charge >= 0.3 is 7.12 Å². The third-order valence-electron chi connectivity index (χ3n) is 4.88. The Kier molecular flexibility index (Phi) is 4.78. The van der Waals surface area contributed by atoms with Gasteiger partial charge in [0, 0.05) is 19.8 Å². The maximum absolute atomic E-state index is 6.12. The van der Waals surface area contributed by atoms with Gasteiger partial charge in [0.25, 0.3) is 0 Å². The van der Waals surface area contributed by atoms with Crippen LogP contribution in [-0.4, -0.2) is 38.0 Å². The molecule has 126 valence electrons. The Hall–Kier alpha value is -1.53. The molecule has 0 spiro atoms. The summed E-state index contributed by atoms with van der Waals surface area (Å²) in [7, 11) is 3.46. The van der Waals surface area contributed by atoms with Gasteiger partial charge in [-0.2, -0.15) is 5.10 Å². The van der Waals surface area contributed by atoms with E-state index >= 15 is 0 Å². The highest BCUT2D eigenvalue weighted by atomic mass is 16.7. The van der Waals surface area contributed by atoms with Crippen molar-refractivity contribution in [2.24, 2.45) is 10.9 Å². The lowest BCUT2D eigenvalue weighted by Crippen LogP contribution is -2.41. The molecule has 1 aliphatic rings. The number of aryl methyl sites for hydroxylation is 1. The molecule has 1 aromatic rings. The highest BCUT2D eigenvalue weighted by Gasteiger charge is 2.53. The molecule has 6 heteroatoms. The summed E-state index contributed by atoms with van der Waals surface area (Å²) >= 11 is 0. The van der Waals surface area contributed by atoms with Crippen LogP contribution in [0.5, 0.6) is 0 Å². The van der Waals surface area contributed by atoms with Crippen LogP contribution in [0.1, 0.15) is 45.7 Å². The molecule has 2 N–H and O–H groups in total. The van der Waals surface area contributed by atoms with Gasteiger partial charge < -0.3 is 20.1 Å². The van der Waals surface area contributed by atoms with E-state index in [2.05, 4.69) is 35.1 Å². The molecule has 1 aliphatic heterocycles. The summed E-state index contributed by atoms with van der Waals surface area (Å²) in [5, 5.41) is 4.03. The van der Waals surface area contributed by atoms with E-state index in [-0.39, 0.29) is 0 Å². The lowest BCUT2D eigenvalue weighted by Gasteiger charge is -2.32. The molecule has 0 saturated carbocycles. The molecule has 23 heavy (non-hydrogen) atoms. The standard InChI is InChI=1S/C17H28BN3O2/c1-8-12-9-10-13(21(6)7)11-14(12)15(20-19)18-22-16(2,3)17(4,5)23-18/h9-11H,8,19H2,1-7H3/b20-15+. The Balaban J connectivity index is 2.45. The zero-order valence-electron chi connectivity index (χ0n) is 15.3. The number of benzene rings is 1. The number of nitrogens with two attached hydrogens (primary N) is 1. The van der Waals surface area contributed by atoms with E-state index in [0.29, 0.717) is 5.61 Å². The summed E-state index contributed by atoms with van der Waals surface area (Å²) in [6.07, 6.45) is 0.890. The molecule has 0 bridgehead atoms. The van der Waals surface area contributed by atoms with E-state index in [9.17, 15) is 0 Å². The van der Waals surface area contributed by atoms with E-state index in [0.717, 1.165) is 17.7 Å². The molecule has 1 heterocycles. The number of hydrogen-bond acceptors (Lipinski definition) is 5. The summed E-state index contributed by atoms with van der Waals surface area (Å²) in [6.45, 7) is 10.2. The van der Waals surface area contributed by atoms with E-state index < -0.39 is 18.3 Å². The first-order valence-corrected chi connectivity index (χ1v) is 8.07. The van der Waals surface area contributed by atoms with Gasteiger partial charge in [-0.15, -0.1) is 0 Å². The van der Waals surface area contributed by atoms with Gasteiger partial charge in [-0.3, -0.25) is 0 Å². The topological polar surface area (TPSA) is 60.1 Å². The number of rotatable bonds is 4. The van der Waals surface area contributed by atoms with Crippen LogP contribution in [0.15, 0.2) is 23.3 Å². The quantitative estimate of drug-likeness (QED) is 0.401. The zero-order valence-corrected chi connectivity index (χ0v) is 15.3. The van der Waals surface area contributed by atoms with Gasteiger partial charge in [0.2, 0.25) is 0 Å². The lowest BCUT2D eigenvalue weighted by molar-refractivity contribution is 0.00578. The summed E-state index contributed by atoms with van der Waals surface area (Å²) in [5.74, 6) is 5.73. The molecule has 0 atom stereocenters. The second kappa shape index (κ2) is 6.17. The maximum atomic E-state index is 6.12. The van der Waals surface area contributed by atoms with E-state index in [1.807, 2.05) is 41.8 Å². The summed E-state index contributed by atoms with van der Waals surface area (Å²) in [5.41, 5.74) is 3.06. The number of hydrazone groups is 1. The molecule has 0 aromatic heterocycles. The average molecular weight is 317 g/mol. The van der Waals surface area contributed by atoms with Crippen LogP contribution in [-0.2, 0) is 15.7 Å². The monoisotopic (exact) mass is 317 g/mol. The second-order valence-corrected chi connectivity index (χ2v) is 7.19. The van der Waals surface area contributed by atoms with Gasteiger partial charge in [-0.25, -0.2) is 0 Å². The van der Waals surface area contributed by atoms with Crippen LogP contribution >= 0.6 is 0 Å². The van der Waals surface area contributed by atoms with Crippen molar-refractivity contribution in [1.29, 1.82) is 0 Å². The van der Waals surface area contributed by atoms with Gasteiger partial charge in [-0.1, -0.05) is 13.0 Å². The van der Waals surface area contributed by atoms with Crippen molar-refractivity contribution in [3.63, 3.8) is 0 Å². The highest BCUT2D eigenvalue weighted by Crippen LogP contribution is 2.38. The molecule has 0 unspecified atom stereocenters. The molecule has 1 saturated heterocycles. The first kappa shape index (κ1) is 17.8. The number of nitrogens with zero attached hydrogens (tertiary/aromatic N) is 2. The number of anilines is 1. The molecular formula is C17H28BN3O2. The van der Waals surface area contributed by atoms with Gasteiger partial charge in [0.1, 0.15) is 0 Å². The highest BCUT2D eigenvalue weighted by molar-refractivity contribution is 6.85. The second-order valence-electron chi connectivity index (χ2n) is 7.19. The van der Waals surface area contributed by atoms with Crippen molar-refractivity contribution in [3.05, 3.63) is 29.3 Å². The predicted octanol–water partition coefficient (Wildman–Crippen LogP) is 2.61. The molecule has 0 amide bonds. The van der Waals surface area contributed by atoms with Crippen molar-refractivity contribution in [3.8, 4) is 0 Å². The maximum Gasteiger partial charge on any atom is 0.517 e. The minimum absolute atomic E-state index is 0.418. The van der Waals surface area contributed by atoms with Crippen LogP contribution in [0.3, 0.4) is 0 Å². The molecule has 5 nitrogen and oxygen atoms in total. The Morgan fingerprint density at radius 2 is 1.74 bits per heavy atom. The van der Waals surface area contributed by atoms with Crippen molar-refractivity contribution in [2.45, 2.75) is 52.2 Å². The Morgan fingerprint density at radius 1 is 1.17 bits per heavy atom. The van der Waals surface area contributed by atoms with E-state index in [4.69, 9.17) is 15.2 Å². The summed E-state index contributed by atoms with van der Waals surface area (Å²) in [4.78, 5) is 2.06. The molecule has 0 radical (unpaired) electrons. The minimum Gasteiger partial charge on any atom is -0.398 e. The fourth-order valence-electron chi connectivity index (χ4n) is 2.60. The van der Waals surface area contributed by atoms with Crippen LogP contribution in [0, 0.1) is 0 Å². The van der Waals surface area contributed by atoms with Gasteiger partial charge in [0.15, 0.2) is 0 Å². The predicted molar refractivity (Wildman–Crippen MR) is 97.0 cm³/mol. The van der Waals surface area contributed by atoms with Crippen molar-refractivity contribution >= 4 is 18.4 Å². The lowest BCUT2D eigenvalue weighted by atomic mass is 9.76. The normalized spacial score (nSPS) is 20.0. The molecule has 0 aliphatic carbocycles. The Morgan fingerprint density at radius 3 is 2.17 bits per heavy atom. The average Bonchev–Trinajstić information content (AvgIpc) is 2.67. The van der Waals surface area contributed by atoms with Gasteiger partial charge in [-0.05, 0) is 57.4 Å². The summed E-state index contributed by atoms with van der Waals surface area (Å²) in [6, 6.07) is 6.30. The third-order valence-corrected chi connectivity index (χ3v) is 4.88. The van der Waals surface area contributed by atoms with Crippen LogP contribution in [0.4, 0.5) is 5.69 Å². The van der Waals surface area contributed by atoms with Crippen LogP contribution in [0.25, 0.3) is 0 Å². The molecule has 1 fully saturated rings. The van der Waals surface area contributed by atoms with E-state index in [1.54, 1.807) is 0 Å². The fraction of sp³-hybridized carbons (Fsp3) is 0.588. The summed E-state index contributed by atoms with van der Waals surface area (Å²) < 4.78 is 12.2. The molecule has 2 rings (SSSR count). The fourth-order valence-corrected chi connectivity index (χ4v) is 2.60. The van der Waals surface area contributed by atoms with Crippen LogP contribution in [0.2, 0.25) is 0 Å². The third kappa shape index (κ3) is 3.24. The van der Waals surface area contributed by atoms with Gasteiger partial charge in [0.05, 0.1) is 16.8 Å². The minimum atomic E-state index is -0.562. The SMILES string of the molecule is CCc1ccc(N(C)C)cc1/C(=N\N)B1OC(C)(C)C(C)(C)O1. The largest absolute Gasteiger partial charge is 0.517 e. The molecular weight excluding hydrogens is 289 g/mol. The van der Waals surface area contributed by atoms with Crippen LogP contribution < -0.4 is 10.7 Å².